The van der Waals surface area contributed by atoms with Crippen LogP contribution in [0, 0.1) is 0 Å². The smallest absolute Gasteiger partial charge is 0.227 e. The van der Waals surface area contributed by atoms with Gasteiger partial charge in [-0.15, -0.1) is 0 Å². The topological polar surface area (TPSA) is 64.7 Å². The van der Waals surface area contributed by atoms with Gasteiger partial charge in [0.05, 0.1) is 5.41 Å². The lowest BCUT2D eigenvalue weighted by atomic mass is 9.67. The lowest BCUT2D eigenvalue weighted by Crippen LogP contribution is -2.28. The zero-order chi connectivity index (χ0) is 42.2. The lowest BCUT2D eigenvalue weighted by Gasteiger charge is -2.33. The molecule has 64 heavy (non-hydrogen) atoms. The highest BCUT2D eigenvalue weighted by Gasteiger charge is 2.47. The van der Waals surface area contributed by atoms with Gasteiger partial charge in [-0.2, -0.15) is 0 Å². The van der Waals surface area contributed by atoms with Crippen LogP contribution < -0.4 is 0 Å². The summed E-state index contributed by atoms with van der Waals surface area (Å²) in [4.78, 5) is 20.8. The summed E-state index contributed by atoms with van der Waals surface area (Å²) in [6, 6.07) is 77.0. The predicted molar refractivity (Wildman–Crippen MR) is 259 cm³/mol. The summed E-state index contributed by atoms with van der Waals surface area (Å²) in [6.07, 6.45) is 0. The van der Waals surface area contributed by atoms with Gasteiger partial charge >= 0.3 is 0 Å². The van der Waals surface area contributed by atoms with Crippen molar-refractivity contribution in [1.29, 1.82) is 0 Å². The third-order valence-corrected chi connectivity index (χ3v) is 13.0. The van der Waals surface area contributed by atoms with Crippen molar-refractivity contribution >= 4 is 43.4 Å². The molecule has 0 N–H and O–H groups in total. The molecule has 5 heteroatoms. The molecule has 0 amide bonds. The van der Waals surface area contributed by atoms with Crippen LogP contribution in [0.1, 0.15) is 22.3 Å². The summed E-state index contributed by atoms with van der Waals surface area (Å²) in [5.74, 6) is 2.46. The highest BCUT2D eigenvalue weighted by Crippen LogP contribution is 2.58. The molecule has 1 aliphatic carbocycles. The van der Waals surface area contributed by atoms with E-state index in [1.54, 1.807) is 0 Å². The van der Waals surface area contributed by atoms with Crippen molar-refractivity contribution in [2.24, 2.45) is 0 Å². The number of oxazole rings is 1. The largest absolute Gasteiger partial charge is 0.435 e. The molecule has 2 heterocycles. The fourth-order valence-electron chi connectivity index (χ4n) is 10.2. The first-order valence-electron chi connectivity index (χ1n) is 21.6. The average Bonchev–Trinajstić information content (AvgIpc) is 3.95. The first-order valence-corrected chi connectivity index (χ1v) is 21.6. The molecule has 0 radical (unpaired) electrons. The third kappa shape index (κ3) is 5.44. The van der Waals surface area contributed by atoms with Crippen LogP contribution in [0.25, 0.3) is 100 Å². The molecular formula is C59H36N4O. The van der Waals surface area contributed by atoms with E-state index in [-0.39, 0.29) is 0 Å². The summed E-state index contributed by atoms with van der Waals surface area (Å²) in [5, 5.41) is 6.60. The van der Waals surface area contributed by atoms with Crippen LogP contribution in [-0.4, -0.2) is 19.9 Å². The average molecular weight is 817 g/mol. The molecule has 0 fully saturated rings. The normalized spacial score (nSPS) is 12.8. The minimum atomic E-state index is -0.547. The number of fused-ring (bicyclic) bond motifs is 10. The second-order valence-electron chi connectivity index (χ2n) is 16.5. The van der Waals surface area contributed by atoms with Crippen molar-refractivity contribution in [3.8, 4) is 56.7 Å². The Morgan fingerprint density at radius 1 is 0.359 bits per heavy atom. The molecule has 12 aromatic rings. The molecule has 298 valence electrons. The van der Waals surface area contributed by atoms with Gasteiger partial charge in [0.1, 0.15) is 5.52 Å². The molecule has 0 unspecified atom stereocenters. The van der Waals surface area contributed by atoms with Crippen molar-refractivity contribution in [3.05, 3.63) is 241 Å². The fraction of sp³-hybridized carbons (Fsp3) is 0.0169. The quantitative estimate of drug-likeness (QED) is 0.156. The van der Waals surface area contributed by atoms with Crippen LogP contribution in [0.15, 0.2) is 223 Å². The van der Waals surface area contributed by atoms with E-state index >= 15 is 0 Å². The van der Waals surface area contributed by atoms with E-state index in [0.29, 0.717) is 23.4 Å². The van der Waals surface area contributed by atoms with Crippen molar-refractivity contribution in [2.75, 3.05) is 0 Å². The number of aromatic nitrogens is 4. The van der Waals surface area contributed by atoms with Crippen LogP contribution in [0.2, 0.25) is 0 Å². The Balaban J connectivity index is 1.03. The van der Waals surface area contributed by atoms with Gasteiger partial charge in [0.2, 0.25) is 5.89 Å². The second-order valence-corrected chi connectivity index (χ2v) is 16.5. The lowest BCUT2D eigenvalue weighted by molar-refractivity contribution is 0.623. The molecule has 2 aromatic heterocycles. The Morgan fingerprint density at radius 2 is 0.906 bits per heavy atom. The van der Waals surface area contributed by atoms with Gasteiger partial charge in [0.15, 0.2) is 23.1 Å². The van der Waals surface area contributed by atoms with E-state index in [0.717, 1.165) is 71.2 Å². The first-order chi connectivity index (χ1) is 31.7. The van der Waals surface area contributed by atoms with Gasteiger partial charge in [-0.1, -0.05) is 194 Å². The Morgan fingerprint density at radius 3 is 1.62 bits per heavy atom. The Hall–Kier alpha value is -8.54. The maximum atomic E-state index is 6.61. The number of hydrogen-bond acceptors (Lipinski definition) is 5. The summed E-state index contributed by atoms with van der Waals surface area (Å²) in [7, 11) is 0. The molecule has 0 spiro atoms. The molecule has 0 bridgehead atoms. The van der Waals surface area contributed by atoms with E-state index in [2.05, 4.69) is 170 Å². The Bertz CT molecular complexity index is 3730. The molecule has 0 aliphatic heterocycles. The summed E-state index contributed by atoms with van der Waals surface area (Å²) in [6.45, 7) is 0. The van der Waals surface area contributed by atoms with Gasteiger partial charge < -0.3 is 4.42 Å². The number of hydrogen-bond donors (Lipinski definition) is 0. The van der Waals surface area contributed by atoms with Crippen LogP contribution in [0.3, 0.4) is 0 Å². The fourth-order valence-corrected chi connectivity index (χ4v) is 10.2. The zero-order valence-electron chi connectivity index (χ0n) is 34.5. The van der Waals surface area contributed by atoms with Gasteiger partial charge in [-0.25, -0.2) is 19.9 Å². The molecule has 1 aliphatic rings. The maximum Gasteiger partial charge on any atom is 0.227 e. The van der Waals surface area contributed by atoms with E-state index < -0.39 is 5.41 Å². The van der Waals surface area contributed by atoms with Crippen LogP contribution >= 0.6 is 0 Å². The van der Waals surface area contributed by atoms with Crippen molar-refractivity contribution in [3.63, 3.8) is 0 Å². The van der Waals surface area contributed by atoms with Crippen molar-refractivity contribution in [2.45, 2.75) is 5.41 Å². The highest BCUT2D eigenvalue weighted by atomic mass is 16.3. The summed E-state index contributed by atoms with van der Waals surface area (Å²) in [5.41, 5.74) is 12.0. The van der Waals surface area contributed by atoms with E-state index in [9.17, 15) is 0 Å². The highest BCUT2D eigenvalue weighted by molar-refractivity contribution is 6.26. The molecule has 5 nitrogen and oxygen atoms in total. The number of benzene rings is 10. The van der Waals surface area contributed by atoms with Gasteiger partial charge in [0.25, 0.3) is 0 Å². The Labute approximate surface area is 369 Å². The first kappa shape index (κ1) is 36.1. The van der Waals surface area contributed by atoms with Gasteiger partial charge in [0, 0.05) is 33.0 Å². The van der Waals surface area contributed by atoms with E-state index in [4.69, 9.17) is 24.4 Å². The minimum absolute atomic E-state index is 0.547. The van der Waals surface area contributed by atoms with Crippen molar-refractivity contribution < 1.29 is 4.42 Å². The van der Waals surface area contributed by atoms with Crippen LogP contribution in [-0.2, 0) is 5.41 Å². The monoisotopic (exact) mass is 816 g/mol. The van der Waals surface area contributed by atoms with E-state index in [1.807, 2.05) is 48.5 Å². The number of nitrogens with zero attached hydrogens (tertiary/aromatic N) is 4. The van der Waals surface area contributed by atoms with Crippen molar-refractivity contribution in [1.82, 2.24) is 19.9 Å². The van der Waals surface area contributed by atoms with Crippen LogP contribution in [0.5, 0.6) is 0 Å². The van der Waals surface area contributed by atoms with Gasteiger partial charge in [-0.3, -0.25) is 0 Å². The minimum Gasteiger partial charge on any atom is -0.435 e. The maximum absolute atomic E-state index is 6.61. The molecule has 0 saturated heterocycles. The molecule has 13 rings (SSSR count). The Kier molecular flexibility index (Phi) is 8.06. The zero-order valence-corrected chi connectivity index (χ0v) is 34.5. The number of rotatable bonds is 6. The third-order valence-electron chi connectivity index (χ3n) is 13.0. The molecule has 10 aromatic carbocycles. The molecular weight excluding hydrogens is 781 g/mol. The predicted octanol–water partition coefficient (Wildman–Crippen LogP) is 14.5. The SMILES string of the molecule is c1ccc(-c2nc(-c3ccc4c(ccc5ccc6ccc7nc(-c8ccccc8)oc7c6c54)c3)nc(-c3cccc4c3-c3ccccc3C4(c3ccccc3)c3ccccc3)n2)cc1. The second kappa shape index (κ2) is 14.3. The molecule has 0 saturated carbocycles. The summed E-state index contributed by atoms with van der Waals surface area (Å²) >= 11 is 0. The standard InChI is InChI=1S/C59H36N4O/c1-5-16-39(17-6-1)55-61-56(42-32-34-45-41(36-42)31-30-37-28-29-38-33-35-50-54(52(38)51(37)45)64-58(60-50)40-18-7-2-8-19-40)63-57(62-55)47-25-15-27-49-53(47)46-24-13-14-26-48(46)59(49,43-20-9-3-10-21-43)44-22-11-4-12-23-44/h1-36H. The van der Waals surface area contributed by atoms with E-state index in [1.165, 1.54) is 27.8 Å². The summed E-state index contributed by atoms with van der Waals surface area (Å²) < 4.78 is 6.61. The van der Waals surface area contributed by atoms with Crippen LogP contribution in [0.4, 0.5) is 0 Å². The van der Waals surface area contributed by atoms with Gasteiger partial charge in [-0.05, 0) is 79.2 Å². The molecule has 0 atom stereocenters.